The number of carbonyl (C=O) groups is 1. The highest BCUT2D eigenvalue weighted by molar-refractivity contribution is 6.41. The average Bonchev–Trinajstić information content (AvgIpc) is 2.65. The van der Waals surface area contributed by atoms with E-state index in [2.05, 4.69) is 4.98 Å². The zero-order valence-corrected chi connectivity index (χ0v) is 12.3. The minimum atomic E-state index is -0.959. The van der Waals surface area contributed by atoms with Crippen molar-refractivity contribution in [1.29, 1.82) is 0 Å². The van der Waals surface area contributed by atoms with Crippen LogP contribution in [-0.4, -0.2) is 16.1 Å². The predicted molar refractivity (Wildman–Crippen MR) is 80.0 cm³/mol. The van der Waals surface area contributed by atoms with E-state index in [1.165, 1.54) is 0 Å². The number of rotatable bonds is 1. The van der Waals surface area contributed by atoms with Crippen LogP contribution in [0.1, 0.15) is 40.9 Å². The maximum absolute atomic E-state index is 11.7. The van der Waals surface area contributed by atoms with E-state index in [0.717, 1.165) is 43.4 Å². The summed E-state index contributed by atoms with van der Waals surface area (Å²) in [6.45, 7) is 0. The first kappa shape index (κ1) is 13.7. The third kappa shape index (κ3) is 2.15. The van der Waals surface area contributed by atoms with Crippen LogP contribution in [-0.2, 0) is 12.8 Å². The standard InChI is InChI=1S/C15H13Cl2NO2/c16-9-6-7-10(17)14-13(9)12(15(19)20)8-4-2-1-3-5-11(8)18-14/h6-7H,1-5H2,(H,19,20). The Morgan fingerprint density at radius 3 is 2.55 bits per heavy atom. The fourth-order valence-electron chi connectivity index (χ4n) is 2.87. The lowest BCUT2D eigenvalue weighted by atomic mass is 9.97. The molecule has 1 aliphatic carbocycles. The normalized spacial score (nSPS) is 14.9. The van der Waals surface area contributed by atoms with Crippen molar-refractivity contribution >= 4 is 40.1 Å². The van der Waals surface area contributed by atoms with E-state index in [1.807, 2.05) is 0 Å². The Kier molecular flexibility index (Phi) is 3.57. The van der Waals surface area contributed by atoms with Gasteiger partial charge in [0, 0.05) is 11.1 Å². The number of fused-ring (bicyclic) bond motifs is 2. The lowest BCUT2D eigenvalue weighted by Crippen LogP contribution is -2.09. The summed E-state index contributed by atoms with van der Waals surface area (Å²) in [4.78, 5) is 16.3. The van der Waals surface area contributed by atoms with Gasteiger partial charge in [0.15, 0.2) is 0 Å². The monoisotopic (exact) mass is 309 g/mol. The molecule has 20 heavy (non-hydrogen) atoms. The van der Waals surface area contributed by atoms with Gasteiger partial charge in [-0.3, -0.25) is 4.98 Å². The van der Waals surface area contributed by atoms with E-state index in [0.29, 0.717) is 20.9 Å². The van der Waals surface area contributed by atoms with E-state index in [-0.39, 0.29) is 5.56 Å². The third-order valence-electron chi connectivity index (χ3n) is 3.78. The van der Waals surface area contributed by atoms with Crippen molar-refractivity contribution < 1.29 is 9.90 Å². The number of pyridine rings is 1. The van der Waals surface area contributed by atoms with Crippen molar-refractivity contribution in [1.82, 2.24) is 4.98 Å². The number of nitrogens with zero attached hydrogens (tertiary/aromatic N) is 1. The lowest BCUT2D eigenvalue weighted by molar-refractivity contribution is 0.0697. The van der Waals surface area contributed by atoms with Crippen LogP contribution in [0.25, 0.3) is 10.9 Å². The first-order valence-corrected chi connectivity index (χ1v) is 7.38. The highest BCUT2D eigenvalue weighted by Crippen LogP contribution is 2.35. The van der Waals surface area contributed by atoms with Crippen molar-refractivity contribution in [2.24, 2.45) is 0 Å². The second-order valence-electron chi connectivity index (χ2n) is 5.03. The number of halogens is 2. The quantitative estimate of drug-likeness (QED) is 0.788. The van der Waals surface area contributed by atoms with Crippen LogP contribution < -0.4 is 0 Å². The number of aromatic nitrogens is 1. The summed E-state index contributed by atoms with van der Waals surface area (Å²) in [5, 5.41) is 10.9. The number of carboxylic acids is 1. The van der Waals surface area contributed by atoms with Gasteiger partial charge in [-0.1, -0.05) is 29.6 Å². The van der Waals surface area contributed by atoms with Crippen LogP contribution in [0.4, 0.5) is 0 Å². The first-order chi connectivity index (χ1) is 9.59. The minimum Gasteiger partial charge on any atom is -0.478 e. The largest absolute Gasteiger partial charge is 0.478 e. The zero-order chi connectivity index (χ0) is 14.3. The fourth-order valence-corrected chi connectivity index (χ4v) is 3.32. The van der Waals surface area contributed by atoms with Gasteiger partial charge in [0.2, 0.25) is 0 Å². The van der Waals surface area contributed by atoms with E-state index >= 15 is 0 Å². The maximum Gasteiger partial charge on any atom is 0.336 e. The summed E-state index contributed by atoms with van der Waals surface area (Å²) in [7, 11) is 0. The Hall–Kier alpha value is -1.32. The number of aromatic carboxylic acids is 1. The molecule has 1 aromatic carbocycles. The van der Waals surface area contributed by atoms with Crippen LogP contribution in [0.5, 0.6) is 0 Å². The molecule has 0 spiro atoms. The number of carboxylic acid groups (broad SMARTS) is 1. The highest BCUT2D eigenvalue weighted by Gasteiger charge is 2.23. The maximum atomic E-state index is 11.7. The van der Waals surface area contributed by atoms with Crippen molar-refractivity contribution in [3.05, 3.63) is 39.0 Å². The molecule has 0 saturated carbocycles. The molecule has 3 rings (SSSR count). The summed E-state index contributed by atoms with van der Waals surface area (Å²) < 4.78 is 0. The van der Waals surface area contributed by atoms with Crippen molar-refractivity contribution in [2.45, 2.75) is 32.1 Å². The molecule has 1 N–H and O–H groups in total. The summed E-state index contributed by atoms with van der Waals surface area (Å²) in [5.74, 6) is -0.959. The fraction of sp³-hybridized carbons (Fsp3) is 0.333. The third-order valence-corrected chi connectivity index (χ3v) is 4.40. The topological polar surface area (TPSA) is 50.2 Å². The molecule has 104 valence electrons. The van der Waals surface area contributed by atoms with Gasteiger partial charge in [-0.25, -0.2) is 4.79 Å². The number of hydrogen-bond donors (Lipinski definition) is 1. The van der Waals surface area contributed by atoms with Gasteiger partial charge < -0.3 is 5.11 Å². The van der Waals surface area contributed by atoms with E-state index in [4.69, 9.17) is 23.2 Å². The molecule has 0 fully saturated rings. The zero-order valence-electron chi connectivity index (χ0n) is 10.7. The summed E-state index contributed by atoms with van der Waals surface area (Å²) >= 11 is 12.4. The second-order valence-corrected chi connectivity index (χ2v) is 5.85. The Balaban J connectivity index is 2.46. The predicted octanol–water partition coefficient (Wildman–Crippen LogP) is 4.51. The average molecular weight is 310 g/mol. The van der Waals surface area contributed by atoms with E-state index in [9.17, 15) is 9.90 Å². The van der Waals surface area contributed by atoms with Gasteiger partial charge in [0.25, 0.3) is 0 Å². The molecule has 1 aliphatic rings. The van der Waals surface area contributed by atoms with Gasteiger partial charge in [0.05, 0.1) is 21.1 Å². The van der Waals surface area contributed by atoms with Crippen molar-refractivity contribution in [3.8, 4) is 0 Å². The molecule has 5 heteroatoms. The number of hydrogen-bond acceptors (Lipinski definition) is 2. The first-order valence-electron chi connectivity index (χ1n) is 6.62. The molecule has 0 bridgehead atoms. The summed E-state index contributed by atoms with van der Waals surface area (Å²) in [6.07, 6.45) is 4.64. The Morgan fingerprint density at radius 1 is 1.10 bits per heavy atom. The molecule has 1 heterocycles. The molecule has 0 radical (unpaired) electrons. The molecule has 0 amide bonds. The SMILES string of the molecule is O=C(O)c1c2c(nc3c(Cl)ccc(Cl)c13)CCCCC2. The summed E-state index contributed by atoms with van der Waals surface area (Å²) in [6, 6.07) is 3.29. The molecular weight excluding hydrogens is 297 g/mol. The van der Waals surface area contributed by atoms with E-state index in [1.54, 1.807) is 12.1 Å². The van der Waals surface area contributed by atoms with Gasteiger partial charge in [-0.05, 0) is 43.4 Å². The van der Waals surface area contributed by atoms with E-state index < -0.39 is 5.97 Å². The van der Waals surface area contributed by atoms with Crippen LogP contribution in [0.2, 0.25) is 10.0 Å². The van der Waals surface area contributed by atoms with Gasteiger partial charge in [-0.2, -0.15) is 0 Å². The summed E-state index contributed by atoms with van der Waals surface area (Å²) in [5.41, 5.74) is 2.46. The Morgan fingerprint density at radius 2 is 1.80 bits per heavy atom. The molecule has 0 unspecified atom stereocenters. The molecule has 0 aliphatic heterocycles. The van der Waals surface area contributed by atoms with Gasteiger partial charge in [0.1, 0.15) is 0 Å². The minimum absolute atomic E-state index is 0.277. The molecule has 0 saturated heterocycles. The van der Waals surface area contributed by atoms with Crippen LogP contribution in [0.15, 0.2) is 12.1 Å². The van der Waals surface area contributed by atoms with Crippen molar-refractivity contribution in [2.75, 3.05) is 0 Å². The molecule has 3 nitrogen and oxygen atoms in total. The highest BCUT2D eigenvalue weighted by atomic mass is 35.5. The Bertz CT molecular complexity index is 713. The van der Waals surface area contributed by atoms with Crippen LogP contribution >= 0.6 is 23.2 Å². The Labute approximate surface area is 126 Å². The smallest absolute Gasteiger partial charge is 0.336 e. The molecule has 1 aromatic heterocycles. The second kappa shape index (κ2) is 5.23. The number of benzene rings is 1. The molecular formula is C15H13Cl2NO2. The van der Waals surface area contributed by atoms with Crippen LogP contribution in [0.3, 0.4) is 0 Å². The van der Waals surface area contributed by atoms with Gasteiger partial charge in [-0.15, -0.1) is 0 Å². The van der Waals surface area contributed by atoms with Gasteiger partial charge >= 0.3 is 5.97 Å². The molecule has 0 atom stereocenters. The molecule has 2 aromatic rings. The van der Waals surface area contributed by atoms with Crippen molar-refractivity contribution in [3.63, 3.8) is 0 Å². The van der Waals surface area contributed by atoms with Crippen LogP contribution in [0, 0.1) is 0 Å². The number of aryl methyl sites for hydroxylation is 1. The lowest BCUT2D eigenvalue weighted by Gasteiger charge is -2.14.